The SMILES string of the molecule is CC1=CCC(C(C)CC(C)(C)CO)C1(C)C. The van der Waals surface area contributed by atoms with Gasteiger partial charge in [-0.25, -0.2) is 0 Å². The zero-order valence-electron chi connectivity index (χ0n) is 11.8. The Morgan fingerprint density at radius 2 is 2.06 bits per heavy atom. The van der Waals surface area contributed by atoms with Gasteiger partial charge in [0.05, 0.1) is 0 Å². The molecule has 16 heavy (non-hydrogen) atoms. The quantitative estimate of drug-likeness (QED) is 0.715. The van der Waals surface area contributed by atoms with E-state index in [2.05, 4.69) is 47.6 Å². The Morgan fingerprint density at radius 3 is 2.44 bits per heavy atom. The first-order valence-corrected chi connectivity index (χ1v) is 6.49. The second kappa shape index (κ2) is 4.52. The summed E-state index contributed by atoms with van der Waals surface area (Å²) in [6.07, 6.45) is 4.72. The molecule has 0 amide bonds. The number of aliphatic hydroxyl groups excluding tert-OH is 1. The van der Waals surface area contributed by atoms with Gasteiger partial charge >= 0.3 is 0 Å². The molecule has 0 saturated carbocycles. The summed E-state index contributed by atoms with van der Waals surface area (Å²) in [5.41, 5.74) is 1.93. The van der Waals surface area contributed by atoms with Crippen LogP contribution in [-0.2, 0) is 0 Å². The Balaban J connectivity index is 2.67. The van der Waals surface area contributed by atoms with Gasteiger partial charge in [-0.2, -0.15) is 0 Å². The van der Waals surface area contributed by atoms with E-state index in [1.165, 1.54) is 12.0 Å². The molecular weight excluding hydrogens is 196 g/mol. The van der Waals surface area contributed by atoms with Crippen molar-refractivity contribution >= 4 is 0 Å². The fraction of sp³-hybridized carbons (Fsp3) is 0.867. The van der Waals surface area contributed by atoms with Crippen LogP contribution in [0.5, 0.6) is 0 Å². The Kier molecular flexibility index (Phi) is 3.89. The van der Waals surface area contributed by atoms with Crippen molar-refractivity contribution in [2.45, 2.75) is 54.4 Å². The van der Waals surface area contributed by atoms with Gasteiger partial charge in [0.2, 0.25) is 0 Å². The first-order chi connectivity index (χ1) is 7.20. The molecule has 0 saturated heterocycles. The molecule has 0 fully saturated rings. The fourth-order valence-corrected chi connectivity index (χ4v) is 3.18. The van der Waals surface area contributed by atoms with Crippen molar-refractivity contribution in [1.29, 1.82) is 0 Å². The van der Waals surface area contributed by atoms with Crippen molar-refractivity contribution < 1.29 is 5.11 Å². The number of hydrogen-bond donors (Lipinski definition) is 1. The van der Waals surface area contributed by atoms with Crippen LogP contribution in [0.2, 0.25) is 0 Å². The number of aliphatic hydroxyl groups is 1. The summed E-state index contributed by atoms with van der Waals surface area (Å²) in [5, 5.41) is 9.35. The predicted molar refractivity (Wildman–Crippen MR) is 70.3 cm³/mol. The van der Waals surface area contributed by atoms with E-state index in [9.17, 15) is 5.11 Å². The lowest BCUT2D eigenvalue weighted by Gasteiger charge is -2.37. The average molecular weight is 224 g/mol. The first-order valence-electron chi connectivity index (χ1n) is 6.49. The topological polar surface area (TPSA) is 20.2 Å². The van der Waals surface area contributed by atoms with Crippen molar-refractivity contribution in [2.75, 3.05) is 6.61 Å². The second-order valence-electron chi connectivity index (χ2n) is 6.95. The van der Waals surface area contributed by atoms with Crippen LogP contribution in [0.3, 0.4) is 0 Å². The molecule has 0 aromatic heterocycles. The zero-order valence-corrected chi connectivity index (χ0v) is 11.8. The van der Waals surface area contributed by atoms with Crippen LogP contribution >= 0.6 is 0 Å². The van der Waals surface area contributed by atoms with Gasteiger partial charge in [-0.1, -0.05) is 46.3 Å². The van der Waals surface area contributed by atoms with Gasteiger partial charge in [-0.05, 0) is 42.4 Å². The molecule has 2 unspecified atom stereocenters. The lowest BCUT2D eigenvalue weighted by Crippen LogP contribution is -2.30. The minimum absolute atomic E-state index is 0.0615. The second-order valence-corrected chi connectivity index (χ2v) is 6.95. The minimum atomic E-state index is 0.0615. The van der Waals surface area contributed by atoms with Gasteiger partial charge < -0.3 is 5.11 Å². The highest BCUT2D eigenvalue weighted by molar-refractivity contribution is 5.18. The Bertz CT molecular complexity index is 273. The summed E-state index contributed by atoms with van der Waals surface area (Å²) in [7, 11) is 0. The first kappa shape index (κ1) is 13.8. The monoisotopic (exact) mass is 224 g/mol. The van der Waals surface area contributed by atoms with E-state index in [4.69, 9.17) is 0 Å². The van der Waals surface area contributed by atoms with Gasteiger partial charge in [-0.3, -0.25) is 0 Å². The standard InChI is InChI=1S/C15H28O/c1-11(9-14(3,4)10-16)13-8-7-12(2)15(13,5)6/h7,11,13,16H,8-10H2,1-6H3. The summed E-state index contributed by atoms with van der Waals surface area (Å²) in [4.78, 5) is 0. The summed E-state index contributed by atoms with van der Waals surface area (Å²) in [6, 6.07) is 0. The Labute approximate surface area is 101 Å². The smallest absolute Gasteiger partial charge is 0.0482 e. The maximum Gasteiger partial charge on any atom is 0.0482 e. The van der Waals surface area contributed by atoms with Gasteiger partial charge in [0.15, 0.2) is 0 Å². The summed E-state index contributed by atoms with van der Waals surface area (Å²) in [6.45, 7) is 13.9. The van der Waals surface area contributed by atoms with E-state index in [-0.39, 0.29) is 12.0 Å². The third-order valence-electron chi connectivity index (χ3n) is 4.61. The molecule has 0 spiro atoms. The highest BCUT2D eigenvalue weighted by Crippen LogP contribution is 2.48. The van der Waals surface area contributed by atoms with Gasteiger partial charge in [-0.15, -0.1) is 0 Å². The van der Waals surface area contributed by atoms with E-state index in [0.29, 0.717) is 11.3 Å². The third-order valence-corrected chi connectivity index (χ3v) is 4.61. The highest BCUT2D eigenvalue weighted by atomic mass is 16.3. The molecule has 0 radical (unpaired) electrons. The van der Waals surface area contributed by atoms with Gasteiger partial charge in [0.1, 0.15) is 0 Å². The van der Waals surface area contributed by atoms with Crippen LogP contribution in [0.15, 0.2) is 11.6 Å². The molecule has 1 aliphatic rings. The third kappa shape index (κ3) is 2.68. The lowest BCUT2D eigenvalue weighted by molar-refractivity contribution is 0.0972. The molecule has 0 heterocycles. The number of rotatable bonds is 4. The molecule has 0 aromatic rings. The molecule has 0 aliphatic heterocycles. The average Bonchev–Trinajstić information content (AvgIpc) is 2.41. The summed E-state index contributed by atoms with van der Waals surface area (Å²) >= 11 is 0. The maximum atomic E-state index is 9.35. The minimum Gasteiger partial charge on any atom is -0.396 e. The summed E-state index contributed by atoms with van der Waals surface area (Å²) in [5.74, 6) is 1.41. The van der Waals surface area contributed by atoms with Crippen LogP contribution < -0.4 is 0 Å². The largest absolute Gasteiger partial charge is 0.396 e. The molecule has 0 bridgehead atoms. The molecule has 1 heteroatoms. The molecule has 1 nitrogen and oxygen atoms in total. The normalized spacial score (nSPS) is 26.7. The Morgan fingerprint density at radius 1 is 1.50 bits per heavy atom. The number of allylic oxidation sites excluding steroid dienone is 2. The van der Waals surface area contributed by atoms with Crippen LogP contribution in [0.25, 0.3) is 0 Å². The van der Waals surface area contributed by atoms with Crippen molar-refractivity contribution in [3.8, 4) is 0 Å². The van der Waals surface area contributed by atoms with E-state index < -0.39 is 0 Å². The fourth-order valence-electron chi connectivity index (χ4n) is 3.18. The molecule has 1 N–H and O–H groups in total. The van der Waals surface area contributed by atoms with Crippen molar-refractivity contribution in [3.63, 3.8) is 0 Å². The molecule has 0 aromatic carbocycles. The molecule has 2 atom stereocenters. The van der Waals surface area contributed by atoms with Gasteiger partial charge in [0, 0.05) is 6.61 Å². The van der Waals surface area contributed by atoms with Crippen LogP contribution in [0, 0.1) is 22.7 Å². The lowest BCUT2D eigenvalue weighted by atomic mass is 9.68. The molecule has 1 rings (SSSR count). The van der Waals surface area contributed by atoms with Crippen LogP contribution in [0.1, 0.15) is 54.4 Å². The van der Waals surface area contributed by atoms with Crippen molar-refractivity contribution in [1.82, 2.24) is 0 Å². The van der Waals surface area contributed by atoms with Crippen LogP contribution in [-0.4, -0.2) is 11.7 Å². The van der Waals surface area contributed by atoms with E-state index in [0.717, 1.165) is 12.3 Å². The molecule has 94 valence electrons. The maximum absolute atomic E-state index is 9.35. The summed E-state index contributed by atoms with van der Waals surface area (Å²) < 4.78 is 0. The van der Waals surface area contributed by atoms with Crippen LogP contribution in [0.4, 0.5) is 0 Å². The molecule has 1 aliphatic carbocycles. The van der Waals surface area contributed by atoms with E-state index in [1.54, 1.807) is 0 Å². The van der Waals surface area contributed by atoms with Gasteiger partial charge in [0.25, 0.3) is 0 Å². The molecular formula is C15H28O. The Hall–Kier alpha value is -0.300. The predicted octanol–water partition coefficient (Wildman–Crippen LogP) is 4.02. The van der Waals surface area contributed by atoms with E-state index >= 15 is 0 Å². The van der Waals surface area contributed by atoms with E-state index in [1.807, 2.05) is 0 Å². The van der Waals surface area contributed by atoms with Crippen molar-refractivity contribution in [2.24, 2.45) is 22.7 Å². The zero-order chi connectivity index (χ0) is 12.6. The highest BCUT2D eigenvalue weighted by Gasteiger charge is 2.39. The number of hydrogen-bond acceptors (Lipinski definition) is 1. The van der Waals surface area contributed by atoms with Crippen molar-refractivity contribution in [3.05, 3.63) is 11.6 Å².